The van der Waals surface area contributed by atoms with Crippen molar-refractivity contribution in [1.82, 2.24) is 4.90 Å². The maximum atomic E-state index is 11.2. The minimum absolute atomic E-state index is 0.147. The van der Waals surface area contributed by atoms with Crippen LogP contribution >= 0.6 is 0 Å². The third-order valence-corrected chi connectivity index (χ3v) is 4.47. The quantitative estimate of drug-likeness (QED) is 0.907. The Morgan fingerprint density at radius 1 is 1.26 bits per heavy atom. The summed E-state index contributed by atoms with van der Waals surface area (Å²) in [6, 6.07) is 8.10. The Balaban J connectivity index is 1.74. The second kappa shape index (κ2) is 4.85. The van der Waals surface area contributed by atoms with Crippen molar-refractivity contribution in [2.45, 2.75) is 43.9 Å². The zero-order valence-electron chi connectivity index (χ0n) is 11.1. The van der Waals surface area contributed by atoms with Crippen LogP contribution in [0.25, 0.3) is 0 Å². The molecule has 4 heteroatoms. The van der Waals surface area contributed by atoms with Gasteiger partial charge in [0.1, 0.15) is 17.4 Å². The molecule has 2 bridgehead atoms. The Morgan fingerprint density at radius 2 is 1.89 bits per heavy atom. The molecule has 2 saturated heterocycles. The highest BCUT2D eigenvalue weighted by Gasteiger charge is 2.39. The summed E-state index contributed by atoms with van der Waals surface area (Å²) in [6.07, 6.45) is 4.62. The molecule has 2 fully saturated rings. The number of fused-ring (bicyclic) bond motifs is 2. The molecule has 0 aromatic heterocycles. The maximum absolute atomic E-state index is 11.2. The smallest absolute Gasteiger partial charge is 0.339 e. The number of hydrogen-bond acceptors (Lipinski definition) is 3. The highest BCUT2D eigenvalue weighted by Crippen LogP contribution is 2.36. The molecule has 1 aromatic rings. The van der Waals surface area contributed by atoms with Crippen molar-refractivity contribution in [2.24, 2.45) is 0 Å². The number of rotatable bonds is 3. The average Bonchev–Trinajstić information content (AvgIpc) is 2.63. The average molecular weight is 261 g/mol. The van der Waals surface area contributed by atoms with E-state index in [9.17, 15) is 4.79 Å². The third kappa shape index (κ3) is 2.32. The molecular weight excluding hydrogens is 242 g/mol. The molecule has 1 N–H and O–H groups in total. The molecule has 0 radical (unpaired) electrons. The summed E-state index contributed by atoms with van der Waals surface area (Å²) in [6.45, 7) is 0. The number of hydrogen-bond donors (Lipinski definition) is 1. The van der Waals surface area contributed by atoms with E-state index in [-0.39, 0.29) is 11.7 Å². The minimum Gasteiger partial charge on any atom is -0.489 e. The van der Waals surface area contributed by atoms with Crippen LogP contribution in [0.15, 0.2) is 24.3 Å². The summed E-state index contributed by atoms with van der Waals surface area (Å²) in [5, 5.41) is 9.17. The molecule has 102 valence electrons. The Hall–Kier alpha value is -1.55. The second-order valence-electron chi connectivity index (χ2n) is 5.56. The van der Waals surface area contributed by atoms with E-state index in [1.807, 2.05) is 6.07 Å². The lowest BCUT2D eigenvalue weighted by molar-refractivity contribution is 0.0606. The van der Waals surface area contributed by atoms with Gasteiger partial charge < -0.3 is 14.7 Å². The van der Waals surface area contributed by atoms with Crippen molar-refractivity contribution in [3.8, 4) is 5.75 Å². The number of carboxylic acid groups (broad SMARTS) is 1. The lowest BCUT2D eigenvalue weighted by atomic mass is 10.0. The first-order chi connectivity index (χ1) is 9.15. The Morgan fingerprint density at radius 3 is 2.53 bits per heavy atom. The highest BCUT2D eigenvalue weighted by atomic mass is 16.5. The molecule has 1 aromatic carbocycles. The lowest BCUT2D eigenvalue weighted by Gasteiger charge is -2.36. The van der Waals surface area contributed by atoms with Gasteiger partial charge in [-0.1, -0.05) is 12.1 Å². The van der Waals surface area contributed by atoms with Gasteiger partial charge in [0.15, 0.2) is 0 Å². The molecule has 19 heavy (non-hydrogen) atoms. The number of ether oxygens (including phenoxy) is 1. The fourth-order valence-corrected chi connectivity index (χ4v) is 3.38. The Bertz CT molecular complexity index is 474. The largest absolute Gasteiger partial charge is 0.489 e. The van der Waals surface area contributed by atoms with E-state index in [4.69, 9.17) is 9.84 Å². The standard InChI is InChI=1S/C15H19NO3/c1-16-10-6-7-11(16)9-12(8-10)19-14-5-3-2-4-13(14)15(17)18/h2-5,10-12H,6-9H2,1H3,(H,17,18). The SMILES string of the molecule is CN1C2CCC1CC(Oc1ccccc1C(=O)O)C2. The molecule has 3 rings (SSSR count). The van der Waals surface area contributed by atoms with Crippen LogP contribution in [0.1, 0.15) is 36.0 Å². The van der Waals surface area contributed by atoms with Gasteiger partial charge in [0.2, 0.25) is 0 Å². The van der Waals surface area contributed by atoms with Crippen LogP contribution < -0.4 is 4.74 Å². The van der Waals surface area contributed by atoms with Crippen molar-refractivity contribution in [2.75, 3.05) is 7.05 Å². The summed E-state index contributed by atoms with van der Waals surface area (Å²) in [5.74, 6) is -0.421. The molecule has 2 aliphatic heterocycles. The van der Waals surface area contributed by atoms with Gasteiger partial charge >= 0.3 is 5.97 Å². The number of benzene rings is 1. The molecule has 2 unspecified atom stereocenters. The Kier molecular flexibility index (Phi) is 3.19. The number of carboxylic acids is 1. The Labute approximate surface area is 113 Å². The summed E-state index contributed by atoms with van der Waals surface area (Å²) in [7, 11) is 2.18. The first-order valence-electron chi connectivity index (χ1n) is 6.86. The van der Waals surface area contributed by atoms with Gasteiger partial charge in [-0.15, -0.1) is 0 Å². The van der Waals surface area contributed by atoms with Crippen LogP contribution in [-0.2, 0) is 0 Å². The van der Waals surface area contributed by atoms with Crippen molar-refractivity contribution >= 4 is 5.97 Å². The lowest BCUT2D eigenvalue weighted by Crippen LogP contribution is -2.43. The predicted molar refractivity (Wildman–Crippen MR) is 71.6 cm³/mol. The van der Waals surface area contributed by atoms with E-state index in [2.05, 4.69) is 11.9 Å². The van der Waals surface area contributed by atoms with E-state index in [1.165, 1.54) is 12.8 Å². The van der Waals surface area contributed by atoms with Gasteiger partial charge in [-0.25, -0.2) is 4.79 Å². The summed E-state index contributed by atoms with van der Waals surface area (Å²) < 4.78 is 5.97. The minimum atomic E-state index is -0.925. The van der Waals surface area contributed by atoms with E-state index in [0.717, 1.165) is 12.8 Å². The monoisotopic (exact) mass is 261 g/mol. The fraction of sp³-hybridized carbons (Fsp3) is 0.533. The van der Waals surface area contributed by atoms with Crippen molar-refractivity contribution < 1.29 is 14.6 Å². The van der Waals surface area contributed by atoms with Crippen LogP contribution in [0.3, 0.4) is 0 Å². The molecule has 0 spiro atoms. The molecule has 0 saturated carbocycles. The molecule has 2 aliphatic rings. The topological polar surface area (TPSA) is 49.8 Å². The van der Waals surface area contributed by atoms with Crippen LogP contribution in [0.5, 0.6) is 5.75 Å². The predicted octanol–water partition coefficient (Wildman–Crippen LogP) is 2.39. The molecule has 2 atom stereocenters. The molecule has 2 heterocycles. The number of para-hydroxylation sites is 1. The molecule has 0 amide bonds. The van der Waals surface area contributed by atoms with E-state index in [0.29, 0.717) is 17.8 Å². The highest BCUT2D eigenvalue weighted by molar-refractivity contribution is 5.90. The summed E-state index contributed by atoms with van der Waals surface area (Å²) >= 11 is 0. The number of nitrogens with zero attached hydrogens (tertiary/aromatic N) is 1. The van der Waals surface area contributed by atoms with Crippen LogP contribution in [-0.4, -0.2) is 41.2 Å². The molecule has 0 aliphatic carbocycles. The van der Waals surface area contributed by atoms with E-state index in [1.54, 1.807) is 18.2 Å². The second-order valence-corrected chi connectivity index (χ2v) is 5.56. The zero-order chi connectivity index (χ0) is 13.4. The van der Waals surface area contributed by atoms with Gasteiger partial charge in [-0.3, -0.25) is 0 Å². The number of piperidine rings is 1. The van der Waals surface area contributed by atoms with Crippen LogP contribution in [0, 0.1) is 0 Å². The summed E-state index contributed by atoms with van der Waals surface area (Å²) in [5.41, 5.74) is 0.258. The van der Waals surface area contributed by atoms with Crippen molar-refractivity contribution in [3.05, 3.63) is 29.8 Å². The summed E-state index contributed by atoms with van der Waals surface area (Å²) in [4.78, 5) is 13.6. The van der Waals surface area contributed by atoms with Gasteiger partial charge in [0.05, 0.1) is 0 Å². The van der Waals surface area contributed by atoms with Gasteiger partial charge in [0.25, 0.3) is 0 Å². The number of carbonyl (C=O) groups is 1. The van der Waals surface area contributed by atoms with Gasteiger partial charge in [-0.2, -0.15) is 0 Å². The molecule has 4 nitrogen and oxygen atoms in total. The van der Waals surface area contributed by atoms with E-state index < -0.39 is 5.97 Å². The first-order valence-corrected chi connectivity index (χ1v) is 6.86. The third-order valence-electron chi connectivity index (χ3n) is 4.47. The van der Waals surface area contributed by atoms with E-state index >= 15 is 0 Å². The van der Waals surface area contributed by atoms with Crippen molar-refractivity contribution in [3.63, 3.8) is 0 Å². The van der Waals surface area contributed by atoms with Gasteiger partial charge in [0, 0.05) is 12.1 Å². The normalized spacial score (nSPS) is 30.3. The van der Waals surface area contributed by atoms with Crippen LogP contribution in [0.4, 0.5) is 0 Å². The number of aromatic carboxylic acids is 1. The first kappa shape index (κ1) is 12.5. The fourth-order valence-electron chi connectivity index (χ4n) is 3.38. The maximum Gasteiger partial charge on any atom is 0.339 e. The molecular formula is C15H19NO3. The van der Waals surface area contributed by atoms with Crippen molar-refractivity contribution in [1.29, 1.82) is 0 Å². The zero-order valence-corrected chi connectivity index (χ0v) is 11.1. The van der Waals surface area contributed by atoms with Gasteiger partial charge in [-0.05, 0) is 44.9 Å². The van der Waals surface area contributed by atoms with Crippen LogP contribution in [0.2, 0.25) is 0 Å².